The molecule has 0 bridgehead atoms. The standard InChI is InChI=1S/C47H92NO7P/c1-3-5-7-9-11-13-15-17-19-21-23-25-27-29-31-33-35-37-39-42-52-44-46(45-54-56(50,51)53-43-41-48)55-47(49)40-38-36-34-32-30-28-26-24-22-20-18-16-14-12-10-8-6-4-2/h13,15,19,21,46H,3-12,14,16-18,20,22-45,48H2,1-2H3,(H,50,51)/b15-13-,21-19-. The number of phosphoric acid groups is 1. The van der Waals surface area contributed by atoms with E-state index in [0.717, 1.165) is 38.5 Å². The van der Waals surface area contributed by atoms with E-state index in [1.54, 1.807) is 0 Å². The quantitative estimate of drug-likeness (QED) is 0.0270. The van der Waals surface area contributed by atoms with Gasteiger partial charge in [-0.1, -0.05) is 205 Å². The van der Waals surface area contributed by atoms with Crippen LogP contribution < -0.4 is 5.73 Å². The summed E-state index contributed by atoms with van der Waals surface area (Å²) in [4.78, 5) is 22.5. The molecule has 0 saturated carbocycles. The molecule has 0 aromatic rings. The molecule has 56 heavy (non-hydrogen) atoms. The Morgan fingerprint density at radius 3 is 1.41 bits per heavy atom. The van der Waals surface area contributed by atoms with E-state index in [0.29, 0.717) is 13.0 Å². The normalized spacial score (nSPS) is 13.6. The Bertz CT molecular complexity index is 915. The average Bonchev–Trinajstić information content (AvgIpc) is 3.19. The number of carbonyl (C=O) groups is 1. The molecule has 0 aromatic heterocycles. The number of ether oxygens (including phenoxy) is 2. The zero-order valence-electron chi connectivity index (χ0n) is 36.9. The Kier molecular flexibility index (Phi) is 44.3. The van der Waals surface area contributed by atoms with Gasteiger partial charge in [-0.05, 0) is 44.9 Å². The fraction of sp³-hybridized carbons (Fsp3) is 0.894. The van der Waals surface area contributed by atoms with Gasteiger partial charge in [0.1, 0.15) is 6.10 Å². The number of phosphoric ester groups is 1. The van der Waals surface area contributed by atoms with Gasteiger partial charge in [-0.15, -0.1) is 0 Å². The molecule has 0 rings (SSSR count). The van der Waals surface area contributed by atoms with Crippen molar-refractivity contribution in [3.8, 4) is 0 Å². The lowest BCUT2D eigenvalue weighted by atomic mass is 10.0. The molecule has 332 valence electrons. The minimum Gasteiger partial charge on any atom is -0.457 e. The average molecular weight is 814 g/mol. The number of nitrogens with two attached hydrogens (primary N) is 1. The van der Waals surface area contributed by atoms with Crippen LogP contribution in [0.1, 0.15) is 232 Å². The first-order chi connectivity index (χ1) is 27.4. The molecule has 2 unspecified atom stereocenters. The zero-order valence-corrected chi connectivity index (χ0v) is 37.8. The molecule has 0 aromatic carbocycles. The zero-order chi connectivity index (χ0) is 40.9. The van der Waals surface area contributed by atoms with Gasteiger partial charge in [-0.2, -0.15) is 0 Å². The summed E-state index contributed by atoms with van der Waals surface area (Å²) in [5.74, 6) is -0.328. The number of hydrogen-bond acceptors (Lipinski definition) is 7. The number of allylic oxidation sites excluding steroid dienone is 4. The van der Waals surface area contributed by atoms with Crippen molar-refractivity contribution in [2.75, 3.05) is 33.0 Å². The highest BCUT2D eigenvalue weighted by molar-refractivity contribution is 7.47. The van der Waals surface area contributed by atoms with Crippen molar-refractivity contribution in [2.45, 2.75) is 238 Å². The Balaban J connectivity index is 3.96. The van der Waals surface area contributed by atoms with Gasteiger partial charge in [0, 0.05) is 19.6 Å². The first-order valence-electron chi connectivity index (χ1n) is 23.8. The van der Waals surface area contributed by atoms with E-state index < -0.39 is 13.9 Å². The maximum absolute atomic E-state index is 12.6. The fourth-order valence-corrected chi connectivity index (χ4v) is 7.62. The van der Waals surface area contributed by atoms with Crippen LogP contribution in [-0.4, -0.2) is 49.9 Å². The van der Waals surface area contributed by atoms with E-state index in [1.807, 2.05) is 0 Å². The minimum atomic E-state index is -4.28. The lowest BCUT2D eigenvalue weighted by molar-refractivity contribution is -0.154. The molecule has 9 heteroatoms. The Labute approximate surface area is 346 Å². The van der Waals surface area contributed by atoms with Crippen molar-refractivity contribution >= 4 is 13.8 Å². The fourth-order valence-electron chi connectivity index (χ4n) is 6.85. The third-order valence-corrected chi connectivity index (χ3v) is 11.4. The van der Waals surface area contributed by atoms with E-state index in [1.165, 1.54) is 173 Å². The smallest absolute Gasteiger partial charge is 0.457 e. The van der Waals surface area contributed by atoms with Crippen molar-refractivity contribution < 1.29 is 32.8 Å². The SMILES string of the molecule is CCCCCC/C=C\C/C=C\CCCCCCCCCCOCC(COP(=O)(O)OCCN)OC(=O)CCCCCCCCCCCCCCCCCCCC. The predicted octanol–water partition coefficient (Wildman–Crippen LogP) is 14.4. The van der Waals surface area contributed by atoms with Crippen molar-refractivity contribution in [2.24, 2.45) is 5.73 Å². The minimum absolute atomic E-state index is 0.0944. The van der Waals surface area contributed by atoms with Crippen molar-refractivity contribution in [3.63, 3.8) is 0 Å². The number of unbranched alkanes of at least 4 members (excludes halogenated alkanes) is 29. The number of rotatable bonds is 46. The highest BCUT2D eigenvalue weighted by atomic mass is 31.2. The van der Waals surface area contributed by atoms with Crippen LogP contribution in [0.25, 0.3) is 0 Å². The molecule has 0 heterocycles. The van der Waals surface area contributed by atoms with Crippen LogP contribution in [0.5, 0.6) is 0 Å². The van der Waals surface area contributed by atoms with Gasteiger partial charge in [-0.25, -0.2) is 4.57 Å². The molecular formula is C47H92NO7P. The van der Waals surface area contributed by atoms with E-state index in [4.69, 9.17) is 24.3 Å². The second-order valence-corrected chi connectivity index (χ2v) is 17.4. The maximum atomic E-state index is 12.6. The number of esters is 1. The predicted molar refractivity (Wildman–Crippen MR) is 238 cm³/mol. The van der Waals surface area contributed by atoms with Gasteiger partial charge in [0.25, 0.3) is 0 Å². The molecule has 0 radical (unpaired) electrons. The van der Waals surface area contributed by atoms with Crippen LogP contribution in [-0.2, 0) is 27.9 Å². The molecule has 0 amide bonds. The summed E-state index contributed by atoms with van der Waals surface area (Å²) in [6.07, 6.45) is 50.5. The lowest BCUT2D eigenvalue weighted by Crippen LogP contribution is -2.28. The van der Waals surface area contributed by atoms with Crippen LogP contribution in [0.2, 0.25) is 0 Å². The molecule has 0 aliphatic carbocycles. The topological polar surface area (TPSA) is 117 Å². The largest absolute Gasteiger partial charge is 0.472 e. The number of carbonyl (C=O) groups excluding carboxylic acids is 1. The van der Waals surface area contributed by atoms with Gasteiger partial charge in [-0.3, -0.25) is 13.8 Å². The molecule has 8 nitrogen and oxygen atoms in total. The summed E-state index contributed by atoms with van der Waals surface area (Å²) >= 11 is 0. The summed E-state index contributed by atoms with van der Waals surface area (Å²) in [5.41, 5.74) is 5.38. The van der Waals surface area contributed by atoms with Crippen LogP contribution in [0.3, 0.4) is 0 Å². The van der Waals surface area contributed by atoms with Gasteiger partial charge >= 0.3 is 13.8 Å². The van der Waals surface area contributed by atoms with E-state index in [9.17, 15) is 14.3 Å². The van der Waals surface area contributed by atoms with Crippen molar-refractivity contribution in [1.82, 2.24) is 0 Å². The first-order valence-corrected chi connectivity index (χ1v) is 25.3. The highest BCUT2D eigenvalue weighted by Gasteiger charge is 2.25. The van der Waals surface area contributed by atoms with Crippen LogP contribution in [0.4, 0.5) is 0 Å². The summed E-state index contributed by atoms with van der Waals surface area (Å²) in [6.45, 7) is 4.94. The molecule has 0 aliphatic rings. The van der Waals surface area contributed by atoms with Crippen LogP contribution in [0, 0.1) is 0 Å². The van der Waals surface area contributed by atoms with E-state index >= 15 is 0 Å². The summed E-state index contributed by atoms with van der Waals surface area (Å²) in [7, 11) is -4.28. The summed E-state index contributed by atoms with van der Waals surface area (Å²) in [5, 5.41) is 0. The summed E-state index contributed by atoms with van der Waals surface area (Å²) < 4.78 is 33.5. The van der Waals surface area contributed by atoms with Gasteiger partial charge in [0.2, 0.25) is 0 Å². The maximum Gasteiger partial charge on any atom is 0.472 e. The van der Waals surface area contributed by atoms with Gasteiger partial charge in [0.15, 0.2) is 0 Å². The van der Waals surface area contributed by atoms with Gasteiger partial charge < -0.3 is 20.1 Å². The van der Waals surface area contributed by atoms with Crippen molar-refractivity contribution in [1.29, 1.82) is 0 Å². The monoisotopic (exact) mass is 814 g/mol. The second-order valence-electron chi connectivity index (χ2n) is 16.0. The third kappa shape index (κ3) is 44.1. The Morgan fingerprint density at radius 1 is 0.536 bits per heavy atom. The van der Waals surface area contributed by atoms with Crippen LogP contribution >= 0.6 is 7.82 Å². The van der Waals surface area contributed by atoms with Gasteiger partial charge in [0.05, 0.1) is 19.8 Å². The summed E-state index contributed by atoms with van der Waals surface area (Å²) in [6, 6.07) is 0. The molecule has 0 aliphatic heterocycles. The van der Waals surface area contributed by atoms with Crippen LogP contribution in [0.15, 0.2) is 24.3 Å². The molecule has 3 N–H and O–H groups in total. The van der Waals surface area contributed by atoms with Crippen molar-refractivity contribution in [3.05, 3.63) is 24.3 Å². The molecule has 0 spiro atoms. The molecular weight excluding hydrogens is 721 g/mol. The first kappa shape index (κ1) is 55.0. The second kappa shape index (κ2) is 45.1. The number of hydrogen-bond donors (Lipinski definition) is 2. The Morgan fingerprint density at radius 2 is 0.946 bits per heavy atom. The molecule has 2 atom stereocenters. The molecule has 0 saturated heterocycles. The lowest BCUT2D eigenvalue weighted by Gasteiger charge is -2.20. The molecule has 0 fully saturated rings. The third-order valence-electron chi connectivity index (χ3n) is 10.4. The van der Waals surface area contributed by atoms with E-state index in [-0.39, 0.29) is 32.3 Å². The highest BCUT2D eigenvalue weighted by Crippen LogP contribution is 2.43. The van der Waals surface area contributed by atoms with E-state index in [2.05, 4.69) is 38.2 Å². The Hall–Kier alpha value is -1.02.